The molecule has 6 heteroatoms. The number of nitrogens with zero attached hydrogens (tertiary/aromatic N) is 1. The smallest absolute Gasteiger partial charge is 0.216 e. The van der Waals surface area contributed by atoms with Crippen molar-refractivity contribution < 1.29 is 8.42 Å². The molecule has 0 amide bonds. The molecule has 1 rings (SSSR count). The first-order valence-corrected chi connectivity index (χ1v) is 7.14. The topological polar surface area (TPSA) is 96.0 Å². The van der Waals surface area contributed by atoms with Gasteiger partial charge in [0, 0.05) is 12.1 Å². The van der Waals surface area contributed by atoms with E-state index in [0.717, 1.165) is 0 Å². The summed E-state index contributed by atoms with van der Waals surface area (Å²) in [5, 5.41) is 8.91. The van der Waals surface area contributed by atoms with Gasteiger partial charge in [0.15, 0.2) is 0 Å². The molecule has 0 aliphatic heterocycles. The van der Waals surface area contributed by atoms with Crippen molar-refractivity contribution >= 4 is 10.0 Å². The van der Waals surface area contributed by atoms with Gasteiger partial charge >= 0.3 is 0 Å². The normalized spacial score (nSPS) is 12.1. The molecule has 3 N–H and O–H groups in total. The molecule has 0 heterocycles. The van der Waals surface area contributed by atoms with Crippen molar-refractivity contribution in [2.45, 2.75) is 25.1 Å². The van der Waals surface area contributed by atoms with Gasteiger partial charge in [-0.15, -0.1) is 0 Å². The Morgan fingerprint density at radius 3 is 2.56 bits per heavy atom. The summed E-state index contributed by atoms with van der Waals surface area (Å²) < 4.78 is 26.5. The van der Waals surface area contributed by atoms with Gasteiger partial charge in [-0.05, 0) is 25.5 Å². The third-order valence-corrected chi connectivity index (χ3v) is 3.98. The van der Waals surface area contributed by atoms with Crippen LogP contribution in [0.1, 0.15) is 25.0 Å². The van der Waals surface area contributed by atoms with Crippen LogP contribution >= 0.6 is 0 Å². The Morgan fingerprint density at radius 2 is 2.00 bits per heavy atom. The van der Waals surface area contributed by atoms with Crippen LogP contribution in [0.3, 0.4) is 0 Å². The van der Waals surface area contributed by atoms with E-state index in [2.05, 4.69) is 4.72 Å². The maximum atomic E-state index is 12.0. The molecule has 0 fully saturated rings. The quantitative estimate of drug-likeness (QED) is 0.821. The Kier molecular flexibility index (Phi) is 4.46. The lowest BCUT2D eigenvalue weighted by atomic mass is 10.1. The van der Waals surface area contributed by atoms with Gasteiger partial charge in [-0.3, -0.25) is 0 Å². The molecule has 0 spiro atoms. The van der Waals surface area contributed by atoms with E-state index in [-0.39, 0.29) is 12.3 Å². The predicted molar refractivity (Wildman–Crippen MR) is 70.0 cm³/mol. The summed E-state index contributed by atoms with van der Waals surface area (Å²) in [5.74, 6) is -0.222. The number of sulfonamides is 1. The SMILES string of the molecule is CC(C)(CN)NS(=O)(=O)Cc1ccccc1C#N. The monoisotopic (exact) mass is 267 g/mol. The zero-order valence-electron chi connectivity index (χ0n) is 10.5. The summed E-state index contributed by atoms with van der Waals surface area (Å²) >= 11 is 0. The number of nitriles is 1. The van der Waals surface area contributed by atoms with Crippen molar-refractivity contribution in [3.05, 3.63) is 35.4 Å². The molecule has 0 saturated heterocycles. The maximum absolute atomic E-state index is 12.0. The van der Waals surface area contributed by atoms with Gasteiger partial charge in [0.2, 0.25) is 10.0 Å². The molecule has 18 heavy (non-hydrogen) atoms. The van der Waals surface area contributed by atoms with E-state index < -0.39 is 15.6 Å². The molecule has 0 unspecified atom stereocenters. The summed E-state index contributed by atoms with van der Waals surface area (Å²) in [7, 11) is -3.52. The lowest BCUT2D eigenvalue weighted by molar-refractivity contribution is 0.462. The fourth-order valence-electron chi connectivity index (χ4n) is 1.46. The van der Waals surface area contributed by atoms with Crippen LogP contribution in [0.5, 0.6) is 0 Å². The van der Waals surface area contributed by atoms with E-state index >= 15 is 0 Å². The Labute approximate surface area is 108 Å². The van der Waals surface area contributed by atoms with Crippen LogP contribution in [0.2, 0.25) is 0 Å². The molecule has 0 aliphatic carbocycles. The first-order valence-electron chi connectivity index (χ1n) is 5.49. The van der Waals surface area contributed by atoms with Crippen LogP contribution in [0.15, 0.2) is 24.3 Å². The van der Waals surface area contributed by atoms with Crippen molar-refractivity contribution in [2.24, 2.45) is 5.73 Å². The minimum Gasteiger partial charge on any atom is -0.329 e. The minimum atomic E-state index is -3.52. The molecular formula is C12H17N3O2S. The standard InChI is InChI=1S/C12H17N3O2S/c1-12(2,9-14)15-18(16,17)8-11-6-4-3-5-10(11)7-13/h3-6,15H,8-9,14H2,1-2H3. The Balaban J connectivity index is 2.94. The number of rotatable bonds is 5. The highest BCUT2D eigenvalue weighted by molar-refractivity contribution is 7.88. The second-order valence-electron chi connectivity index (χ2n) is 4.72. The molecule has 0 saturated carbocycles. The summed E-state index contributed by atoms with van der Waals surface area (Å²) in [4.78, 5) is 0. The third kappa shape index (κ3) is 4.11. The van der Waals surface area contributed by atoms with Gasteiger partial charge in [-0.25, -0.2) is 13.1 Å². The molecule has 0 atom stereocenters. The largest absolute Gasteiger partial charge is 0.329 e. The number of hydrogen-bond acceptors (Lipinski definition) is 4. The zero-order chi connectivity index (χ0) is 13.8. The van der Waals surface area contributed by atoms with E-state index in [1.54, 1.807) is 38.1 Å². The van der Waals surface area contributed by atoms with Gasteiger partial charge in [0.05, 0.1) is 17.4 Å². The summed E-state index contributed by atoms with van der Waals surface area (Å²) in [5.41, 5.74) is 5.64. The van der Waals surface area contributed by atoms with Crippen molar-refractivity contribution in [1.29, 1.82) is 5.26 Å². The lowest BCUT2D eigenvalue weighted by Gasteiger charge is -2.23. The Hall–Kier alpha value is -1.42. The second kappa shape index (κ2) is 5.48. The van der Waals surface area contributed by atoms with E-state index in [4.69, 9.17) is 11.0 Å². The third-order valence-electron chi connectivity index (χ3n) is 2.43. The second-order valence-corrected chi connectivity index (χ2v) is 6.44. The van der Waals surface area contributed by atoms with E-state index in [9.17, 15) is 8.42 Å². The molecule has 0 radical (unpaired) electrons. The Bertz CT molecular complexity index is 559. The van der Waals surface area contributed by atoms with Gasteiger partial charge in [-0.1, -0.05) is 18.2 Å². The summed E-state index contributed by atoms with van der Waals surface area (Å²) in [6.07, 6.45) is 0. The van der Waals surface area contributed by atoms with Gasteiger partial charge in [0.25, 0.3) is 0 Å². The average Bonchev–Trinajstić information content (AvgIpc) is 2.28. The van der Waals surface area contributed by atoms with Gasteiger partial charge in [-0.2, -0.15) is 5.26 Å². The van der Waals surface area contributed by atoms with Crippen molar-refractivity contribution in [3.8, 4) is 6.07 Å². The molecule has 98 valence electrons. The number of hydrogen-bond donors (Lipinski definition) is 2. The predicted octanol–water partition coefficient (Wildman–Crippen LogP) is 0.715. The van der Waals surface area contributed by atoms with Crippen LogP contribution in [-0.2, 0) is 15.8 Å². The minimum absolute atomic E-state index is 0.201. The highest BCUT2D eigenvalue weighted by Crippen LogP contribution is 2.12. The van der Waals surface area contributed by atoms with Crippen molar-refractivity contribution in [3.63, 3.8) is 0 Å². The summed E-state index contributed by atoms with van der Waals surface area (Å²) in [6.45, 7) is 3.62. The van der Waals surface area contributed by atoms with Crippen LogP contribution in [0.4, 0.5) is 0 Å². The molecular weight excluding hydrogens is 250 g/mol. The van der Waals surface area contributed by atoms with Crippen LogP contribution in [0, 0.1) is 11.3 Å². The van der Waals surface area contributed by atoms with E-state index in [0.29, 0.717) is 11.1 Å². The number of benzene rings is 1. The molecule has 1 aromatic carbocycles. The fraction of sp³-hybridized carbons (Fsp3) is 0.417. The first-order chi connectivity index (χ1) is 8.29. The molecule has 0 aromatic heterocycles. The van der Waals surface area contributed by atoms with E-state index in [1.165, 1.54) is 0 Å². The number of nitrogens with one attached hydrogen (secondary N) is 1. The zero-order valence-corrected chi connectivity index (χ0v) is 11.3. The highest BCUT2D eigenvalue weighted by Gasteiger charge is 2.24. The lowest BCUT2D eigenvalue weighted by Crippen LogP contribution is -2.49. The molecule has 1 aromatic rings. The van der Waals surface area contributed by atoms with Crippen molar-refractivity contribution in [2.75, 3.05) is 6.54 Å². The summed E-state index contributed by atoms with van der Waals surface area (Å²) in [6, 6.07) is 8.61. The highest BCUT2D eigenvalue weighted by atomic mass is 32.2. The molecule has 0 aliphatic rings. The fourth-order valence-corrected chi connectivity index (χ4v) is 3.12. The maximum Gasteiger partial charge on any atom is 0.216 e. The number of nitrogens with two attached hydrogens (primary N) is 1. The van der Waals surface area contributed by atoms with Gasteiger partial charge in [0.1, 0.15) is 0 Å². The van der Waals surface area contributed by atoms with E-state index in [1.807, 2.05) is 6.07 Å². The Morgan fingerprint density at radius 1 is 1.39 bits per heavy atom. The van der Waals surface area contributed by atoms with Crippen LogP contribution in [0.25, 0.3) is 0 Å². The average molecular weight is 267 g/mol. The van der Waals surface area contributed by atoms with Crippen molar-refractivity contribution in [1.82, 2.24) is 4.72 Å². The van der Waals surface area contributed by atoms with Crippen LogP contribution < -0.4 is 10.5 Å². The molecule has 0 bridgehead atoms. The first kappa shape index (κ1) is 14.6. The van der Waals surface area contributed by atoms with Gasteiger partial charge < -0.3 is 5.73 Å². The van der Waals surface area contributed by atoms with Crippen LogP contribution in [-0.4, -0.2) is 20.5 Å². The molecule has 5 nitrogen and oxygen atoms in total.